The van der Waals surface area contributed by atoms with Gasteiger partial charge in [0.1, 0.15) is 17.9 Å². The summed E-state index contributed by atoms with van der Waals surface area (Å²) >= 11 is 3.40. The second kappa shape index (κ2) is 5.74. The van der Waals surface area contributed by atoms with Gasteiger partial charge in [0.2, 0.25) is 0 Å². The van der Waals surface area contributed by atoms with E-state index in [0.717, 1.165) is 32.4 Å². The number of fused-ring (bicyclic) bond motifs is 1. The van der Waals surface area contributed by atoms with Crippen LogP contribution < -0.4 is 10.5 Å². The van der Waals surface area contributed by atoms with Crippen molar-refractivity contribution in [3.05, 3.63) is 64.3 Å². The second-order valence-electron chi connectivity index (χ2n) is 4.91. The summed E-state index contributed by atoms with van der Waals surface area (Å²) in [6, 6.07) is 15.8. The maximum atomic E-state index is 6.00. The van der Waals surface area contributed by atoms with E-state index in [4.69, 9.17) is 10.5 Å². The quantitative estimate of drug-likeness (QED) is 0.714. The number of pyridine rings is 1. The van der Waals surface area contributed by atoms with Crippen molar-refractivity contribution in [3.63, 3.8) is 0 Å². The number of para-hydroxylation sites is 1. The predicted molar refractivity (Wildman–Crippen MR) is 89.4 cm³/mol. The van der Waals surface area contributed by atoms with E-state index >= 15 is 0 Å². The fraction of sp³-hybridized carbons (Fsp3) is 0.118. The number of anilines is 1. The minimum Gasteiger partial charge on any atom is -0.487 e. The number of nitrogens with two attached hydrogens (primary N) is 1. The number of aromatic nitrogens is 1. The van der Waals surface area contributed by atoms with Gasteiger partial charge >= 0.3 is 0 Å². The third-order valence-corrected chi connectivity index (χ3v) is 3.81. The highest BCUT2D eigenvalue weighted by Crippen LogP contribution is 2.26. The molecular formula is C17H15BrN2O. The Kier molecular flexibility index (Phi) is 3.80. The largest absolute Gasteiger partial charge is 0.487 e. The number of hydrogen-bond acceptors (Lipinski definition) is 3. The Morgan fingerprint density at radius 3 is 2.81 bits per heavy atom. The molecule has 4 heteroatoms. The van der Waals surface area contributed by atoms with E-state index in [9.17, 15) is 0 Å². The average molecular weight is 343 g/mol. The number of rotatable bonds is 3. The smallest absolute Gasteiger partial charge is 0.146 e. The molecule has 2 N–H and O–H groups in total. The minimum atomic E-state index is 0.424. The van der Waals surface area contributed by atoms with Crippen LogP contribution in [0.25, 0.3) is 10.9 Å². The SMILES string of the molecule is Cc1ccc2cccc(OCc3ccc(Br)cc3N)c2n1. The van der Waals surface area contributed by atoms with Crippen molar-refractivity contribution in [3.8, 4) is 5.75 Å². The number of halogens is 1. The van der Waals surface area contributed by atoms with E-state index in [0.29, 0.717) is 12.3 Å². The van der Waals surface area contributed by atoms with E-state index in [2.05, 4.69) is 27.0 Å². The van der Waals surface area contributed by atoms with Gasteiger partial charge in [0.05, 0.1) is 0 Å². The molecule has 1 heterocycles. The van der Waals surface area contributed by atoms with Crippen LogP contribution in [0.5, 0.6) is 5.75 Å². The molecule has 0 spiro atoms. The lowest BCUT2D eigenvalue weighted by Gasteiger charge is -2.11. The fourth-order valence-corrected chi connectivity index (χ4v) is 2.57. The fourth-order valence-electron chi connectivity index (χ4n) is 2.19. The zero-order valence-corrected chi connectivity index (χ0v) is 13.2. The molecule has 21 heavy (non-hydrogen) atoms. The number of nitrogen functional groups attached to an aromatic ring is 1. The number of nitrogens with zero attached hydrogens (tertiary/aromatic N) is 1. The molecule has 106 valence electrons. The summed E-state index contributed by atoms with van der Waals surface area (Å²) in [6.45, 7) is 2.40. The highest BCUT2D eigenvalue weighted by Gasteiger charge is 2.06. The molecule has 0 radical (unpaired) electrons. The van der Waals surface area contributed by atoms with Gasteiger partial charge in [-0.3, -0.25) is 0 Å². The summed E-state index contributed by atoms with van der Waals surface area (Å²) in [6.07, 6.45) is 0. The topological polar surface area (TPSA) is 48.1 Å². The van der Waals surface area contributed by atoms with Crippen LogP contribution in [0.15, 0.2) is 53.0 Å². The molecule has 0 aliphatic carbocycles. The molecule has 3 nitrogen and oxygen atoms in total. The van der Waals surface area contributed by atoms with Gasteiger partial charge in [-0.1, -0.05) is 40.2 Å². The normalized spacial score (nSPS) is 10.8. The highest BCUT2D eigenvalue weighted by molar-refractivity contribution is 9.10. The Morgan fingerprint density at radius 1 is 1.14 bits per heavy atom. The molecule has 1 aromatic heterocycles. The van der Waals surface area contributed by atoms with E-state index in [1.165, 1.54) is 0 Å². The first-order valence-corrected chi connectivity index (χ1v) is 7.46. The van der Waals surface area contributed by atoms with E-state index in [1.807, 2.05) is 49.4 Å². The predicted octanol–water partition coefficient (Wildman–Crippen LogP) is 4.47. The Hall–Kier alpha value is -2.07. The molecule has 0 unspecified atom stereocenters. The van der Waals surface area contributed by atoms with Crippen molar-refractivity contribution >= 4 is 32.5 Å². The van der Waals surface area contributed by atoms with Crippen molar-refractivity contribution in [1.29, 1.82) is 0 Å². The summed E-state index contributed by atoms with van der Waals surface area (Å²) in [4.78, 5) is 4.56. The van der Waals surface area contributed by atoms with E-state index in [1.54, 1.807) is 0 Å². The summed E-state index contributed by atoms with van der Waals surface area (Å²) < 4.78 is 6.89. The lowest BCUT2D eigenvalue weighted by molar-refractivity contribution is 0.310. The lowest BCUT2D eigenvalue weighted by atomic mass is 10.2. The van der Waals surface area contributed by atoms with Gasteiger partial charge < -0.3 is 10.5 Å². The standard InChI is InChI=1S/C17H15BrN2O/c1-11-5-6-12-3-2-4-16(17(12)20-11)21-10-13-7-8-14(18)9-15(13)19/h2-9H,10,19H2,1H3. The van der Waals surface area contributed by atoms with E-state index in [-0.39, 0.29) is 0 Å². The van der Waals surface area contributed by atoms with Gasteiger partial charge in [0.25, 0.3) is 0 Å². The van der Waals surface area contributed by atoms with Crippen molar-refractivity contribution in [2.24, 2.45) is 0 Å². The molecule has 0 atom stereocenters. The Labute approximate surface area is 131 Å². The summed E-state index contributed by atoms with van der Waals surface area (Å²) in [5, 5.41) is 1.07. The van der Waals surface area contributed by atoms with Crippen LogP contribution in [0.4, 0.5) is 5.69 Å². The van der Waals surface area contributed by atoms with Crippen molar-refractivity contribution in [2.45, 2.75) is 13.5 Å². The maximum Gasteiger partial charge on any atom is 0.146 e. The minimum absolute atomic E-state index is 0.424. The first-order chi connectivity index (χ1) is 10.1. The Morgan fingerprint density at radius 2 is 2.00 bits per heavy atom. The number of aryl methyl sites for hydroxylation is 1. The monoisotopic (exact) mass is 342 g/mol. The highest BCUT2D eigenvalue weighted by atomic mass is 79.9. The van der Waals surface area contributed by atoms with Crippen LogP contribution in [0, 0.1) is 6.92 Å². The molecule has 0 saturated heterocycles. The number of benzene rings is 2. The Bertz CT molecular complexity index is 802. The van der Waals surface area contributed by atoms with Gasteiger partial charge in [-0.15, -0.1) is 0 Å². The van der Waals surface area contributed by atoms with Crippen molar-refractivity contribution < 1.29 is 4.74 Å². The number of ether oxygens (including phenoxy) is 1. The Balaban J connectivity index is 1.90. The molecule has 2 aromatic carbocycles. The molecule has 0 aliphatic rings. The van der Waals surface area contributed by atoms with Crippen LogP contribution in [-0.2, 0) is 6.61 Å². The summed E-state index contributed by atoms with van der Waals surface area (Å²) in [5.41, 5.74) is 9.53. The molecular weight excluding hydrogens is 328 g/mol. The zero-order chi connectivity index (χ0) is 14.8. The van der Waals surface area contributed by atoms with Gasteiger partial charge in [-0.25, -0.2) is 4.98 Å². The van der Waals surface area contributed by atoms with Crippen LogP contribution >= 0.6 is 15.9 Å². The van der Waals surface area contributed by atoms with Crippen LogP contribution in [0.3, 0.4) is 0 Å². The average Bonchev–Trinajstić information content (AvgIpc) is 2.46. The van der Waals surface area contributed by atoms with Gasteiger partial charge in [-0.2, -0.15) is 0 Å². The molecule has 0 amide bonds. The molecule has 0 saturated carbocycles. The number of hydrogen-bond donors (Lipinski definition) is 1. The van der Waals surface area contributed by atoms with Crippen LogP contribution in [-0.4, -0.2) is 4.98 Å². The van der Waals surface area contributed by atoms with Crippen molar-refractivity contribution in [2.75, 3.05) is 5.73 Å². The summed E-state index contributed by atoms with van der Waals surface area (Å²) in [5.74, 6) is 0.776. The maximum absolute atomic E-state index is 6.00. The molecule has 3 aromatic rings. The third kappa shape index (κ3) is 3.00. The molecule has 0 bridgehead atoms. The molecule has 3 rings (SSSR count). The molecule has 0 aliphatic heterocycles. The summed E-state index contributed by atoms with van der Waals surface area (Å²) in [7, 11) is 0. The van der Waals surface area contributed by atoms with Gasteiger partial charge in [0.15, 0.2) is 0 Å². The second-order valence-corrected chi connectivity index (χ2v) is 5.83. The van der Waals surface area contributed by atoms with Crippen LogP contribution in [0.1, 0.15) is 11.3 Å². The third-order valence-electron chi connectivity index (χ3n) is 3.31. The van der Waals surface area contributed by atoms with Crippen molar-refractivity contribution in [1.82, 2.24) is 4.98 Å². The van der Waals surface area contributed by atoms with Crippen LogP contribution in [0.2, 0.25) is 0 Å². The van der Waals surface area contributed by atoms with Gasteiger partial charge in [0, 0.05) is 26.8 Å². The van der Waals surface area contributed by atoms with E-state index < -0.39 is 0 Å². The first kappa shape index (κ1) is 13.9. The first-order valence-electron chi connectivity index (χ1n) is 6.66. The lowest BCUT2D eigenvalue weighted by Crippen LogP contribution is -2.01. The molecule has 0 fully saturated rings. The van der Waals surface area contributed by atoms with Gasteiger partial charge in [-0.05, 0) is 31.2 Å². The zero-order valence-electron chi connectivity index (χ0n) is 11.6.